The predicted molar refractivity (Wildman–Crippen MR) is 124 cm³/mol. The quantitative estimate of drug-likeness (QED) is 0.502. The average Bonchev–Trinajstić information content (AvgIpc) is 3.25. The molecule has 1 aliphatic heterocycles. The minimum Gasteiger partial charge on any atom is -0.331 e. The zero-order valence-electron chi connectivity index (χ0n) is 18.5. The van der Waals surface area contributed by atoms with Crippen LogP contribution in [0.2, 0.25) is 0 Å². The summed E-state index contributed by atoms with van der Waals surface area (Å²) < 4.78 is 0. The highest BCUT2D eigenvalue weighted by Gasteiger charge is 2.34. The number of unbranched alkanes of at least 4 members (excludes halogenated alkanes) is 2. The van der Waals surface area contributed by atoms with Crippen LogP contribution in [0.25, 0.3) is 0 Å². The Hall–Kier alpha value is -2.14. The number of carbonyl (C=O) groups excluding carboxylic acids is 2. The highest BCUT2D eigenvalue weighted by atomic mass is 32.1. The van der Waals surface area contributed by atoms with Crippen molar-refractivity contribution < 1.29 is 9.59 Å². The fraction of sp³-hybridized carbons (Fsp3) is 0.520. The van der Waals surface area contributed by atoms with Crippen LogP contribution in [0.5, 0.6) is 0 Å². The van der Waals surface area contributed by atoms with Crippen molar-refractivity contribution in [3.8, 4) is 0 Å². The summed E-state index contributed by atoms with van der Waals surface area (Å²) in [5.74, 6) is 0.153. The third-order valence-electron chi connectivity index (χ3n) is 6.14. The number of amides is 2. The van der Waals surface area contributed by atoms with Crippen LogP contribution in [0, 0.1) is 0 Å². The second kappa shape index (κ2) is 10.8. The van der Waals surface area contributed by atoms with E-state index in [-0.39, 0.29) is 30.4 Å². The number of carbonyl (C=O) groups is 2. The Morgan fingerprint density at radius 1 is 1.17 bits per heavy atom. The lowest BCUT2D eigenvalue weighted by Crippen LogP contribution is -2.49. The molecule has 4 nitrogen and oxygen atoms in total. The third-order valence-corrected chi connectivity index (χ3v) is 7.14. The zero-order chi connectivity index (χ0) is 21.5. The molecule has 0 N–H and O–H groups in total. The Labute approximate surface area is 184 Å². The van der Waals surface area contributed by atoms with Crippen molar-refractivity contribution in [2.45, 2.75) is 71.4 Å². The maximum absolute atomic E-state index is 13.5. The van der Waals surface area contributed by atoms with Crippen LogP contribution in [0.1, 0.15) is 74.9 Å². The van der Waals surface area contributed by atoms with Crippen molar-refractivity contribution in [3.05, 3.63) is 57.8 Å². The van der Waals surface area contributed by atoms with E-state index in [1.54, 1.807) is 11.3 Å². The molecular weight excluding hydrogens is 392 g/mol. The largest absolute Gasteiger partial charge is 0.331 e. The Bertz CT molecular complexity index is 833. The predicted octanol–water partition coefficient (Wildman–Crippen LogP) is 5.43. The number of hydrogen-bond donors (Lipinski definition) is 0. The van der Waals surface area contributed by atoms with E-state index in [2.05, 4.69) is 37.4 Å². The van der Waals surface area contributed by atoms with E-state index in [4.69, 9.17) is 0 Å². The van der Waals surface area contributed by atoms with Gasteiger partial charge < -0.3 is 9.80 Å². The summed E-state index contributed by atoms with van der Waals surface area (Å²) in [7, 11) is 0. The zero-order valence-corrected chi connectivity index (χ0v) is 19.3. The van der Waals surface area contributed by atoms with E-state index in [0.29, 0.717) is 13.0 Å². The van der Waals surface area contributed by atoms with Gasteiger partial charge in [-0.2, -0.15) is 0 Å². The highest BCUT2D eigenvalue weighted by molar-refractivity contribution is 7.10. The van der Waals surface area contributed by atoms with Crippen LogP contribution < -0.4 is 0 Å². The second-order valence-electron chi connectivity index (χ2n) is 8.19. The fourth-order valence-corrected chi connectivity index (χ4v) is 5.10. The summed E-state index contributed by atoms with van der Waals surface area (Å²) >= 11 is 1.77. The molecule has 2 atom stereocenters. The summed E-state index contributed by atoms with van der Waals surface area (Å²) in [6.07, 6.45) is 5.30. The molecule has 0 aliphatic carbocycles. The van der Waals surface area contributed by atoms with Crippen LogP contribution in [0.4, 0.5) is 0 Å². The summed E-state index contributed by atoms with van der Waals surface area (Å²) in [6.45, 7) is 7.13. The molecule has 0 saturated carbocycles. The van der Waals surface area contributed by atoms with Crippen molar-refractivity contribution in [3.63, 3.8) is 0 Å². The van der Waals surface area contributed by atoms with Gasteiger partial charge in [0.15, 0.2) is 0 Å². The lowest BCUT2D eigenvalue weighted by molar-refractivity contribution is -0.143. The molecule has 3 rings (SSSR count). The topological polar surface area (TPSA) is 40.6 Å². The van der Waals surface area contributed by atoms with Crippen molar-refractivity contribution >= 4 is 23.2 Å². The van der Waals surface area contributed by atoms with E-state index < -0.39 is 0 Å². The molecule has 0 unspecified atom stereocenters. The molecule has 0 spiro atoms. The van der Waals surface area contributed by atoms with Crippen molar-refractivity contribution in [2.75, 3.05) is 13.1 Å². The molecule has 30 heavy (non-hydrogen) atoms. The Balaban J connectivity index is 1.81. The molecule has 1 aliphatic rings. The first-order valence-corrected chi connectivity index (χ1v) is 12.1. The van der Waals surface area contributed by atoms with Crippen LogP contribution >= 0.6 is 11.3 Å². The molecule has 1 aromatic carbocycles. The Kier molecular flexibility index (Phi) is 8.08. The highest BCUT2D eigenvalue weighted by Crippen LogP contribution is 2.37. The van der Waals surface area contributed by atoms with E-state index in [1.165, 1.54) is 10.4 Å². The molecule has 0 fully saturated rings. The first kappa shape index (κ1) is 22.5. The standard InChI is InChI=1S/C25H34N2O2S/c1-4-6-8-13-23(28)27(19(3)5-2)18-24(29)26-16-14-22-21(15-17-30-22)25(26)20-11-9-7-10-12-20/h7,9-12,15,17,19,25H,4-6,8,13-14,16,18H2,1-3H3/t19-,25-/m1/s1. The van der Waals surface area contributed by atoms with Crippen LogP contribution in [-0.4, -0.2) is 40.7 Å². The summed E-state index contributed by atoms with van der Waals surface area (Å²) in [5, 5.41) is 2.12. The first-order chi connectivity index (χ1) is 14.6. The summed E-state index contributed by atoms with van der Waals surface area (Å²) in [6, 6.07) is 12.4. The van der Waals surface area contributed by atoms with Gasteiger partial charge in [0.1, 0.15) is 6.54 Å². The van der Waals surface area contributed by atoms with E-state index in [0.717, 1.165) is 37.7 Å². The minimum atomic E-state index is -0.0670. The number of rotatable bonds is 9. The number of benzene rings is 1. The normalized spacial score (nSPS) is 16.8. The van der Waals surface area contributed by atoms with E-state index in [1.807, 2.05) is 34.9 Å². The number of thiophene rings is 1. The summed E-state index contributed by atoms with van der Waals surface area (Å²) in [5.41, 5.74) is 2.37. The molecule has 0 saturated heterocycles. The molecule has 1 aromatic heterocycles. The minimum absolute atomic E-state index is 0.0462. The molecule has 162 valence electrons. The van der Waals surface area contributed by atoms with Gasteiger partial charge in [0.2, 0.25) is 11.8 Å². The van der Waals surface area contributed by atoms with Gasteiger partial charge in [-0.05, 0) is 48.8 Å². The number of fused-ring (bicyclic) bond motifs is 1. The molecule has 2 amide bonds. The van der Waals surface area contributed by atoms with Gasteiger partial charge in [-0.1, -0.05) is 57.0 Å². The summed E-state index contributed by atoms with van der Waals surface area (Å²) in [4.78, 5) is 31.6. The van der Waals surface area contributed by atoms with Crippen molar-refractivity contribution in [2.24, 2.45) is 0 Å². The van der Waals surface area contributed by atoms with Crippen molar-refractivity contribution in [1.29, 1.82) is 0 Å². The lowest BCUT2D eigenvalue weighted by atomic mass is 9.93. The first-order valence-electron chi connectivity index (χ1n) is 11.3. The number of nitrogens with zero attached hydrogens (tertiary/aromatic N) is 2. The maximum atomic E-state index is 13.5. The second-order valence-corrected chi connectivity index (χ2v) is 9.19. The van der Waals surface area contributed by atoms with Gasteiger partial charge in [0.25, 0.3) is 0 Å². The molecular formula is C25H34N2O2S. The van der Waals surface area contributed by atoms with E-state index >= 15 is 0 Å². The lowest BCUT2D eigenvalue weighted by Gasteiger charge is -2.38. The van der Waals surface area contributed by atoms with Gasteiger partial charge in [-0.15, -0.1) is 11.3 Å². The monoisotopic (exact) mass is 426 g/mol. The molecule has 0 bridgehead atoms. The maximum Gasteiger partial charge on any atom is 0.243 e. The molecule has 2 heterocycles. The Morgan fingerprint density at radius 2 is 1.93 bits per heavy atom. The van der Waals surface area contributed by atoms with Gasteiger partial charge in [0, 0.05) is 23.9 Å². The molecule has 5 heteroatoms. The molecule has 0 radical (unpaired) electrons. The van der Waals surface area contributed by atoms with Gasteiger partial charge in [-0.3, -0.25) is 9.59 Å². The van der Waals surface area contributed by atoms with Gasteiger partial charge in [0.05, 0.1) is 6.04 Å². The SMILES string of the molecule is CCCCCC(=O)N(CC(=O)N1CCc2sccc2[C@H]1c1ccccc1)[C@H](C)CC. The van der Waals surface area contributed by atoms with Gasteiger partial charge >= 0.3 is 0 Å². The van der Waals surface area contributed by atoms with Crippen LogP contribution in [0.3, 0.4) is 0 Å². The average molecular weight is 427 g/mol. The molecule has 2 aromatic rings. The van der Waals surface area contributed by atoms with Crippen LogP contribution in [0.15, 0.2) is 41.8 Å². The smallest absolute Gasteiger partial charge is 0.243 e. The van der Waals surface area contributed by atoms with Crippen molar-refractivity contribution in [1.82, 2.24) is 9.80 Å². The third kappa shape index (κ3) is 5.12. The van der Waals surface area contributed by atoms with Gasteiger partial charge in [-0.25, -0.2) is 0 Å². The fourth-order valence-electron chi connectivity index (χ4n) is 4.20. The van der Waals surface area contributed by atoms with E-state index in [9.17, 15) is 9.59 Å². The Morgan fingerprint density at radius 3 is 2.63 bits per heavy atom. The number of hydrogen-bond acceptors (Lipinski definition) is 3. The van der Waals surface area contributed by atoms with Crippen LogP contribution in [-0.2, 0) is 16.0 Å².